The van der Waals surface area contributed by atoms with Crippen LogP contribution in [-0.2, 0) is 13.2 Å². The highest BCUT2D eigenvalue weighted by atomic mass is 79.9. The van der Waals surface area contributed by atoms with Crippen molar-refractivity contribution in [3.63, 3.8) is 0 Å². The van der Waals surface area contributed by atoms with Crippen LogP contribution in [0.25, 0.3) is 0 Å². The Morgan fingerprint density at radius 3 is 2.67 bits per heavy atom. The largest absolute Gasteiger partial charge is 0.486 e. The van der Waals surface area contributed by atoms with Crippen LogP contribution in [0.5, 0.6) is 5.75 Å². The first-order chi connectivity index (χ1) is 9.83. The number of aryl methyl sites for hydroxylation is 1. The summed E-state index contributed by atoms with van der Waals surface area (Å²) in [7, 11) is 0. The third-order valence-electron chi connectivity index (χ3n) is 2.86. The highest BCUT2D eigenvalue weighted by Crippen LogP contribution is 2.27. The quantitative estimate of drug-likeness (QED) is 0.831. The third-order valence-corrected chi connectivity index (χ3v) is 4.30. The molecule has 0 bridgehead atoms. The first-order valence-corrected chi connectivity index (χ1v) is 8.58. The Hall–Kier alpha value is -0.910. The number of benzene rings is 1. The molecule has 0 saturated carbocycles. The Bertz CT molecular complexity index is 605. The normalized spacial score (nSPS) is 11.7. The van der Waals surface area contributed by atoms with Crippen LogP contribution in [-0.4, -0.2) is 10.5 Å². The molecule has 0 aliphatic rings. The van der Waals surface area contributed by atoms with E-state index in [0.29, 0.717) is 6.61 Å². The molecule has 0 aliphatic carbocycles. The van der Waals surface area contributed by atoms with Gasteiger partial charge >= 0.3 is 0 Å². The van der Waals surface area contributed by atoms with Gasteiger partial charge < -0.3 is 10.1 Å². The zero-order valence-electron chi connectivity index (χ0n) is 12.9. The van der Waals surface area contributed by atoms with E-state index in [9.17, 15) is 0 Å². The fraction of sp³-hybridized carbons (Fsp3) is 0.438. The minimum Gasteiger partial charge on any atom is -0.486 e. The van der Waals surface area contributed by atoms with Gasteiger partial charge in [-0.05, 0) is 61.3 Å². The van der Waals surface area contributed by atoms with E-state index in [1.807, 2.05) is 18.4 Å². The van der Waals surface area contributed by atoms with E-state index in [0.717, 1.165) is 27.5 Å². The van der Waals surface area contributed by atoms with Gasteiger partial charge in [-0.1, -0.05) is 6.07 Å². The van der Waals surface area contributed by atoms with Crippen molar-refractivity contribution in [1.82, 2.24) is 10.3 Å². The zero-order valence-corrected chi connectivity index (χ0v) is 15.3. The number of nitrogens with zero attached hydrogens (tertiary/aromatic N) is 1. The maximum atomic E-state index is 5.81. The molecule has 0 saturated heterocycles. The first-order valence-electron chi connectivity index (χ1n) is 6.91. The number of thiazole rings is 1. The van der Waals surface area contributed by atoms with Crippen LogP contribution in [0.3, 0.4) is 0 Å². The van der Waals surface area contributed by atoms with E-state index in [1.54, 1.807) is 11.3 Å². The molecule has 0 radical (unpaired) electrons. The Labute approximate surface area is 138 Å². The Morgan fingerprint density at radius 2 is 2.10 bits per heavy atom. The second-order valence-corrected chi connectivity index (χ2v) is 7.93. The maximum absolute atomic E-state index is 5.81. The smallest absolute Gasteiger partial charge is 0.134 e. The van der Waals surface area contributed by atoms with E-state index in [1.165, 1.54) is 5.56 Å². The lowest BCUT2D eigenvalue weighted by Gasteiger charge is -2.20. The van der Waals surface area contributed by atoms with Crippen LogP contribution >= 0.6 is 27.3 Å². The van der Waals surface area contributed by atoms with Crippen LogP contribution in [0.4, 0.5) is 0 Å². The molecule has 114 valence electrons. The van der Waals surface area contributed by atoms with Crippen LogP contribution in [0.1, 0.15) is 37.0 Å². The summed E-state index contributed by atoms with van der Waals surface area (Å²) in [6.45, 7) is 9.83. The molecule has 1 aromatic heterocycles. The number of ether oxygens (including phenoxy) is 1. The number of hydrogen-bond donors (Lipinski definition) is 1. The number of rotatable bonds is 5. The lowest BCUT2D eigenvalue weighted by Crippen LogP contribution is -2.35. The van der Waals surface area contributed by atoms with Gasteiger partial charge in [0.1, 0.15) is 12.4 Å². The molecule has 5 heteroatoms. The second kappa shape index (κ2) is 6.90. The second-order valence-electron chi connectivity index (χ2n) is 6.01. The molecule has 0 amide bonds. The molecule has 3 nitrogen and oxygen atoms in total. The minimum atomic E-state index is 0.115. The minimum absolute atomic E-state index is 0.115. The predicted octanol–water partition coefficient (Wildman–Crippen LogP) is 4.68. The summed E-state index contributed by atoms with van der Waals surface area (Å²) in [6, 6.07) is 6.19. The van der Waals surface area contributed by atoms with Gasteiger partial charge in [-0.15, -0.1) is 11.3 Å². The van der Waals surface area contributed by atoms with Crippen molar-refractivity contribution < 1.29 is 4.74 Å². The van der Waals surface area contributed by atoms with Gasteiger partial charge in [0.25, 0.3) is 0 Å². The third kappa shape index (κ3) is 5.41. The molecule has 1 heterocycles. The van der Waals surface area contributed by atoms with E-state index >= 15 is 0 Å². The highest BCUT2D eigenvalue weighted by Gasteiger charge is 2.10. The number of aromatic nitrogens is 1. The van der Waals surface area contributed by atoms with E-state index in [-0.39, 0.29) is 5.54 Å². The Kier molecular flexibility index (Phi) is 5.41. The molecule has 0 unspecified atom stereocenters. The average molecular weight is 369 g/mol. The maximum Gasteiger partial charge on any atom is 0.134 e. The molecule has 2 rings (SSSR count). The summed E-state index contributed by atoms with van der Waals surface area (Å²) < 4.78 is 6.79. The molecule has 0 aliphatic heterocycles. The summed E-state index contributed by atoms with van der Waals surface area (Å²) in [5.74, 6) is 0.847. The molecule has 21 heavy (non-hydrogen) atoms. The Balaban J connectivity index is 1.95. The van der Waals surface area contributed by atoms with Crippen LogP contribution in [0.15, 0.2) is 28.1 Å². The van der Waals surface area contributed by atoms with Gasteiger partial charge in [0.15, 0.2) is 0 Å². The van der Waals surface area contributed by atoms with Gasteiger partial charge in [-0.2, -0.15) is 0 Å². The monoisotopic (exact) mass is 368 g/mol. The number of hydrogen-bond acceptors (Lipinski definition) is 4. The summed E-state index contributed by atoms with van der Waals surface area (Å²) in [5.41, 5.74) is 2.32. The molecule has 0 spiro atoms. The van der Waals surface area contributed by atoms with Crippen molar-refractivity contribution in [2.75, 3.05) is 0 Å². The Morgan fingerprint density at radius 1 is 1.33 bits per heavy atom. The van der Waals surface area contributed by atoms with Gasteiger partial charge in [0.05, 0.1) is 15.2 Å². The lowest BCUT2D eigenvalue weighted by molar-refractivity contribution is 0.300. The standard InChI is InChI=1S/C16H21BrN2OS/c1-11-19-13(10-21-11)9-20-15-6-5-12(7-14(15)17)8-18-16(2,3)4/h5-7,10,18H,8-9H2,1-4H3. The van der Waals surface area contributed by atoms with E-state index in [2.05, 4.69) is 59.1 Å². The van der Waals surface area contributed by atoms with Gasteiger partial charge in [0.2, 0.25) is 0 Å². The molecule has 0 fully saturated rings. The lowest BCUT2D eigenvalue weighted by atomic mass is 10.1. The molecular weight excluding hydrogens is 348 g/mol. The summed E-state index contributed by atoms with van der Waals surface area (Å²) in [6.07, 6.45) is 0. The zero-order chi connectivity index (χ0) is 15.5. The molecule has 1 aromatic carbocycles. The summed E-state index contributed by atoms with van der Waals surface area (Å²) in [5, 5.41) is 6.57. The van der Waals surface area contributed by atoms with Crippen molar-refractivity contribution in [3.8, 4) is 5.75 Å². The SMILES string of the molecule is Cc1nc(COc2ccc(CNC(C)(C)C)cc2Br)cs1. The highest BCUT2D eigenvalue weighted by molar-refractivity contribution is 9.10. The van der Waals surface area contributed by atoms with Crippen molar-refractivity contribution in [1.29, 1.82) is 0 Å². The van der Waals surface area contributed by atoms with Crippen LogP contribution < -0.4 is 10.1 Å². The fourth-order valence-corrected chi connectivity index (χ4v) is 2.90. The van der Waals surface area contributed by atoms with Crippen molar-refractivity contribution in [3.05, 3.63) is 44.3 Å². The van der Waals surface area contributed by atoms with E-state index < -0.39 is 0 Å². The van der Waals surface area contributed by atoms with Crippen molar-refractivity contribution in [2.45, 2.75) is 46.4 Å². The summed E-state index contributed by atoms with van der Waals surface area (Å²) in [4.78, 5) is 4.40. The molecular formula is C16H21BrN2OS. The number of nitrogens with one attached hydrogen (secondary N) is 1. The number of halogens is 1. The summed E-state index contributed by atoms with van der Waals surface area (Å²) >= 11 is 5.22. The van der Waals surface area contributed by atoms with Gasteiger partial charge in [0, 0.05) is 17.5 Å². The van der Waals surface area contributed by atoms with Crippen molar-refractivity contribution >= 4 is 27.3 Å². The first kappa shape index (κ1) is 16.5. The van der Waals surface area contributed by atoms with Crippen LogP contribution in [0, 0.1) is 6.92 Å². The topological polar surface area (TPSA) is 34.1 Å². The fourth-order valence-electron chi connectivity index (χ4n) is 1.76. The predicted molar refractivity (Wildman–Crippen MR) is 91.9 cm³/mol. The average Bonchev–Trinajstić information content (AvgIpc) is 2.80. The molecule has 1 N–H and O–H groups in total. The van der Waals surface area contributed by atoms with Gasteiger partial charge in [-0.25, -0.2) is 4.98 Å². The molecule has 0 atom stereocenters. The van der Waals surface area contributed by atoms with E-state index in [4.69, 9.17) is 4.74 Å². The van der Waals surface area contributed by atoms with Crippen LogP contribution in [0.2, 0.25) is 0 Å². The van der Waals surface area contributed by atoms with Gasteiger partial charge in [-0.3, -0.25) is 0 Å². The molecule has 2 aromatic rings. The van der Waals surface area contributed by atoms with Crippen molar-refractivity contribution in [2.24, 2.45) is 0 Å².